The summed E-state index contributed by atoms with van der Waals surface area (Å²) in [5.74, 6) is -2.03. The van der Waals surface area contributed by atoms with Crippen molar-refractivity contribution in [2.75, 3.05) is 11.5 Å². The number of hydrogen-bond acceptors (Lipinski definition) is 5. The molecule has 0 unspecified atom stereocenters. The van der Waals surface area contributed by atoms with Crippen LogP contribution in [0.5, 0.6) is 5.75 Å². The molecule has 1 aliphatic heterocycles. The van der Waals surface area contributed by atoms with Crippen molar-refractivity contribution in [1.29, 1.82) is 0 Å². The Morgan fingerprint density at radius 1 is 1.26 bits per heavy atom. The van der Waals surface area contributed by atoms with Crippen LogP contribution in [0.2, 0.25) is 0 Å². The Morgan fingerprint density at radius 3 is 2.74 bits per heavy atom. The third-order valence-electron chi connectivity index (χ3n) is 4.90. The van der Waals surface area contributed by atoms with E-state index in [0.29, 0.717) is 18.0 Å². The van der Waals surface area contributed by atoms with Crippen molar-refractivity contribution in [2.45, 2.75) is 44.7 Å². The van der Waals surface area contributed by atoms with Gasteiger partial charge in [-0.15, -0.1) is 0 Å². The van der Waals surface area contributed by atoms with Gasteiger partial charge >= 0.3 is 6.03 Å². The molecule has 1 aliphatic carbocycles. The topological polar surface area (TPSA) is 116 Å². The lowest BCUT2D eigenvalue weighted by Gasteiger charge is -2.30. The molecule has 8 heteroatoms. The van der Waals surface area contributed by atoms with Crippen LogP contribution >= 0.6 is 0 Å². The second kappa shape index (κ2) is 8.30. The van der Waals surface area contributed by atoms with Gasteiger partial charge in [-0.1, -0.05) is 18.6 Å². The average molecular weight is 373 g/mol. The van der Waals surface area contributed by atoms with Gasteiger partial charge in [0.05, 0.1) is 12.3 Å². The Hall–Kier alpha value is -2.74. The SMILES string of the molecule is CCOc1ccccc1N1C(=O)NC(=O)[C@@H](C=N[C@@H]2CCCC[C@H]2[NH3+])C1=O. The van der Waals surface area contributed by atoms with Gasteiger partial charge in [-0.05, 0) is 31.9 Å². The maximum absolute atomic E-state index is 12.9. The van der Waals surface area contributed by atoms with E-state index >= 15 is 0 Å². The maximum Gasteiger partial charge on any atom is 0.335 e. The first-order chi connectivity index (χ1) is 13.0. The quantitative estimate of drug-likeness (QED) is 0.589. The number of amides is 4. The van der Waals surface area contributed by atoms with Crippen LogP contribution < -0.4 is 20.7 Å². The number of carbonyl (C=O) groups is 3. The molecular weight excluding hydrogens is 348 g/mol. The molecule has 1 saturated heterocycles. The minimum absolute atomic E-state index is 0.00105. The van der Waals surface area contributed by atoms with E-state index in [4.69, 9.17) is 4.74 Å². The standard InChI is InChI=1S/C19H24N4O4/c1-2-27-16-10-6-5-9-15(16)23-18(25)12(17(24)22-19(23)26)11-21-14-8-4-3-7-13(14)20/h5-6,9-14H,2-4,7-8,20H2,1H3,(H,22,24,26)/p+1/t12-,13-,14-/m1/s1. The first kappa shape index (κ1) is 19.0. The van der Waals surface area contributed by atoms with Crippen molar-refractivity contribution in [3.63, 3.8) is 0 Å². The van der Waals surface area contributed by atoms with Crippen LogP contribution in [0.3, 0.4) is 0 Å². The predicted octanol–water partition coefficient (Wildman–Crippen LogP) is 0.908. The molecule has 0 radical (unpaired) electrons. The Kier molecular flexibility index (Phi) is 5.85. The average Bonchev–Trinajstić information content (AvgIpc) is 2.64. The molecule has 144 valence electrons. The molecule has 4 N–H and O–H groups in total. The van der Waals surface area contributed by atoms with Crippen LogP contribution in [0.4, 0.5) is 10.5 Å². The summed E-state index contributed by atoms with van der Waals surface area (Å²) in [6.45, 7) is 2.20. The van der Waals surface area contributed by atoms with Crippen molar-refractivity contribution >= 4 is 29.7 Å². The zero-order valence-corrected chi connectivity index (χ0v) is 15.4. The number of para-hydroxylation sites is 2. The highest BCUT2D eigenvalue weighted by molar-refractivity contribution is 6.32. The van der Waals surface area contributed by atoms with Crippen LogP contribution in [0.15, 0.2) is 29.3 Å². The number of hydrogen-bond donors (Lipinski definition) is 2. The summed E-state index contributed by atoms with van der Waals surface area (Å²) in [5, 5.41) is 2.24. The molecule has 4 amide bonds. The van der Waals surface area contributed by atoms with Crippen LogP contribution in [0, 0.1) is 5.92 Å². The second-order valence-electron chi connectivity index (χ2n) is 6.76. The van der Waals surface area contributed by atoms with Crippen molar-refractivity contribution in [2.24, 2.45) is 10.9 Å². The Bertz CT molecular complexity index is 764. The monoisotopic (exact) mass is 373 g/mol. The molecule has 0 aromatic heterocycles. The minimum atomic E-state index is -1.15. The number of benzene rings is 1. The Morgan fingerprint density at radius 2 is 2.00 bits per heavy atom. The van der Waals surface area contributed by atoms with Crippen LogP contribution in [-0.4, -0.2) is 42.8 Å². The molecule has 2 aliphatic rings. The minimum Gasteiger partial charge on any atom is -0.492 e. The molecule has 1 heterocycles. The zero-order chi connectivity index (χ0) is 19.4. The normalized spacial score (nSPS) is 26.4. The summed E-state index contributed by atoms with van der Waals surface area (Å²) in [5.41, 5.74) is 4.41. The first-order valence-electron chi connectivity index (χ1n) is 9.30. The Labute approximate surface area is 157 Å². The lowest BCUT2D eigenvalue weighted by molar-refractivity contribution is -0.428. The number of aliphatic imine (C=N–C) groups is 1. The highest BCUT2D eigenvalue weighted by Crippen LogP contribution is 2.30. The van der Waals surface area contributed by atoms with Crippen LogP contribution in [0.1, 0.15) is 32.6 Å². The van der Waals surface area contributed by atoms with Crippen molar-refractivity contribution in [1.82, 2.24) is 5.32 Å². The molecule has 0 bridgehead atoms. The number of carbonyl (C=O) groups excluding carboxylic acids is 3. The number of ether oxygens (including phenoxy) is 1. The highest BCUT2D eigenvalue weighted by Gasteiger charge is 2.41. The Balaban J connectivity index is 1.86. The van der Waals surface area contributed by atoms with E-state index in [-0.39, 0.29) is 12.1 Å². The fourth-order valence-corrected chi connectivity index (χ4v) is 3.45. The van der Waals surface area contributed by atoms with E-state index < -0.39 is 23.8 Å². The zero-order valence-electron chi connectivity index (χ0n) is 15.4. The number of nitrogens with one attached hydrogen (secondary N) is 1. The number of urea groups is 1. The van der Waals surface area contributed by atoms with E-state index in [1.165, 1.54) is 6.21 Å². The van der Waals surface area contributed by atoms with Crippen molar-refractivity contribution < 1.29 is 24.9 Å². The number of anilines is 1. The van der Waals surface area contributed by atoms with Gasteiger partial charge in [-0.2, -0.15) is 0 Å². The molecule has 3 rings (SSSR count). The summed E-state index contributed by atoms with van der Waals surface area (Å²) >= 11 is 0. The van der Waals surface area contributed by atoms with E-state index in [2.05, 4.69) is 16.0 Å². The molecule has 2 fully saturated rings. The maximum atomic E-state index is 12.9. The van der Waals surface area contributed by atoms with Gasteiger partial charge in [0.15, 0.2) is 5.92 Å². The molecule has 0 spiro atoms. The third kappa shape index (κ3) is 4.00. The molecule has 1 aromatic rings. The van der Waals surface area contributed by atoms with E-state index in [9.17, 15) is 14.4 Å². The fourth-order valence-electron chi connectivity index (χ4n) is 3.45. The van der Waals surface area contributed by atoms with Gasteiger partial charge in [-0.3, -0.25) is 19.9 Å². The molecule has 1 saturated carbocycles. The number of imide groups is 2. The number of rotatable bonds is 5. The third-order valence-corrected chi connectivity index (χ3v) is 4.90. The lowest BCUT2D eigenvalue weighted by Crippen LogP contribution is -2.66. The van der Waals surface area contributed by atoms with Crippen molar-refractivity contribution in [3.05, 3.63) is 24.3 Å². The summed E-state index contributed by atoms with van der Waals surface area (Å²) in [6.07, 6.45) is 5.43. The second-order valence-corrected chi connectivity index (χ2v) is 6.76. The van der Waals surface area contributed by atoms with Gasteiger partial charge in [0, 0.05) is 12.6 Å². The molecule has 1 aromatic carbocycles. The summed E-state index contributed by atoms with van der Waals surface area (Å²) in [6, 6.07) is 6.13. The van der Waals surface area contributed by atoms with Gasteiger partial charge in [0.25, 0.3) is 5.91 Å². The highest BCUT2D eigenvalue weighted by atomic mass is 16.5. The largest absolute Gasteiger partial charge is 0.492 e. The summed E-state index contributed by atoms with van der Waals surface area (Å²) in [7, 11) is 0. The predicted molar refractivity (Wildman–Crippen MR) is 99.5 cm³/mol. The number of nitrogens with zero attached hydrogens (tertiary/aromatic N) is 2. The van der Waals surface area contributed by atoms with Gasteiger partial charge < -0.3 is 10.5 Å². The lowest BCUT2D eigenvalue weighted by atomic mass is 9.91. The summed E-state index contributed by atoms with van der Waals surface area (Å²) < 4.78 is 5.52. The molecule has 8 nitrogen and oxygen atoms in total. The summed E-state index contributed by atoms with van der Waals surface area (Å²) in [4.78, 5) is 42.9. The smallest absolute Gasteiger partial charge is 0.335 e. The van der Waals surface area contributed by atoms with E-state index in [0.717, 1.165) is 30.6 Å². The van der Waals surface area contributed by atoms with Gasteiger partial charge in [-0.25, -0.2) is 9.69 Å². The van der Waals surface area contributed by atoms with Gasteiger partial charge in [0.1, 0.15) is 17.8 Å². The van der Waals surface area contributed by atoms with Gasteiger partial charge in [0.2, 0.25) is 5.91 Å². The van der Waals surface area contributed by atoms with Crippen LogP contribution in [-0.2, 0) is 9.59 Å². The molecule has 27 heavy (non-hydrogen) atoms. The van der Waals surface area contributed by atoms with E-state index in [1.54, 1.807) is 24.3 Å². The number of quaternary nitrogens is 1. The first-order valence-corrected chi connectivity index (χ1v) is 9.30. The fraction of sp³-hybridized carbons (Fsp3) is 0.474. The van der Waals surface area contributed by atoms with Crippen LogP contribution in [0.25, 0.3) is 0 Å². The molecular formula is C19H25N4O4+. The molecule has 3 atom stereocenters. The van der Waals surface area contributed by atoms with Crippen molar-refractivity contribution in [3.8, 4) is 5.75 Å². The van der Waals surface area contributed by atoms with E-state index in [1.807, 2.05) is 6.92 Å². The number of barbiturate groups is 1.